The molecule has 1 unspecified atom stereocenters. The number of aromatic nitrogens is 3. The molecule has 0 spiro atoms. The zero-order valence-corrected chi connectivity index (χ0v) is 11.1. The van der Waals surface area contributed by atoms with Crippen LogP contribution in [0.5, 0.6) is 0 Å². The lowest BCUT2D eigenvalue weighted by Crippen LogP contribution is -2.23. The molecule has 0 fully saturated rings. The SMILES string of the molecule is O=c1[nH]c2ccccc2n1-c1ccc(NC(F)C(F)F)nc1. The second kappa shape index (κ2) is 5.55. The molecule has 0 aliphatic rings. The summed E-state index contributed by atoms with van der Waals surface area (Å²) in [6, 6.07) is 9.92. The predicted molar refractivity (Wildman–Crippen MR) is 76.2 cm³/mol. The quantitative estimate of drug-likeness (QED) is 0.728. The molecule has 0 amide bonds. The number of para-hydroxylation sites is 2. The van der Waals surface area contributed by atoms with Crippen LogP contribution < -0.4 is 11.0 Å². The number of hydrogen-bond donors (Lipinski definition) is 2. The second-order valence-electron chi connectivity index (χ2n) is 4.56. The zero-order chi connectivity index (χ0) is 15.7. The molecule has 0 aliphatic heterocycles. The number of rotatable bonds is 4. The summed E-state index contributed by atoms with van der Waals surface area (Å²) < 4.78 is 38.5. The topological polar surface area (TPSA) is 62.7 Å². The Kier molecular flexibility index (Phi) is 3.58. The van der Waals surface area contributed by atoms with E-state index in [-0.39, 0.29) is 11.5 Å². The Morgan fingerprint density at radius 1 is 1.14 bits per heavy atom. The monoisotopic (exact) mass is 308 g/mol. The van der Waals surface area contributed by atoms with Crippen molar-refractivity contribution in [1.82, 2.24) is 14.5 Å². The molecule has 0 aliphatic carbocycles. The lowest BCUT2D eigenvalue weighted by molar-refractivity contribution is 0.0648. The Morgan fingerprint density at radius 3 is 2.59 bits per heavy atom. The van der Waals surface area contributed by atoms with Crippen LogP contribution in [0.3, 0.4) is 0 Å². The number of fused-ring (bicyclic) bond motifs is 1. The van der Waals surface area contributed by atoms with Gasteiger partial charge in [0.25, 0.3) is 6.43 Å². The summed E-state index contributed by atoms with van der Waals surface area (Å²) >= 11 is 0. The lowest BCUT2D eigenvalue weighted by atomic mass is 10.3. The number of nitrogens with zero attached hydrogens (tertiary/aromatic N) is 2. The van der Waals surface area contributed by atoms with Crippen molar-refractivity contribution in [3.63, 3.8) is 0 Å². The summed E-state index contributed by atoms with van der Waals surface area (Å²) in [5, 5.41) is 1.94. The van der Waals surface area contributed by atoms with E-state index in [1.165, 1.54) is 22.9 Å². The van der Waals surface area contributed by atoms with Gasteiger partial charge in [-0.15, -0.1) is 0 Å². The number of H-pyrrole nitrogens is 1. The standard InChI is InChI=1S/C14H11F3N4O/c15-12(16)13(17)20-11-6-5-8(7-18-11)21-10-4-2-1-3-9(10)19-14(21)22/h1-7,12-13H,(H,18,20)(H,19,22). The summed E-state index contributed by atoms with van der Waals surface area (Å²) in [5.74, 6) is -0.0376. The number of pyridine rings is 1. The average molecular weight is 308 g/mol. The summed E-state index contributed by atoms with van der Waals surface area (Å²) in [4.78, 5) is 18.5. The molecule has 2 N–H and O–H groups in total. The van der Waals surface area contributed by atoms with E-state index < -0.39 is 12.7 Å². The van der Waals surface area contributed by atoms with Gasteiger partial charge in [-0.2, -0.15) is 0 Å². The van der Waals surface area contributed by atoms with Gasteiger partial charge in [0.2, 0.25) is 6.30 Å². The first-order valence-electron chi connectivity index (χ1n) is 6.41. The van der Waals surface area contributed by atoms with Crippen molar-refractivity contribution >= 4 is 16.9 Å². The minimum Gasteiger partial charge on any atom is -0.336 e. The number of benzene rings is 1. The van der Waals surface area contributed by atoms with Crippen LogP contribution in [0.1, 0.15) is 0 Å². The summed E-state index contributed by atoms with van der Waals surface area (Å²) in [7, 11) is 0. The first kappa shape index (κ1) is 14.2. The van der Waals surface area contributed by atoms with Crippen molar-refractivity contribution in [2.24, 2.45) is 0 Å². The van der Waals surface area contributed by atoms with Gasteiger partial charge in [0, 0.05) is 0 Å². The van der Waals surface area contributed by atoms with Gasteiger partial charge in [-0.3, -0.25) is 4.57 Å². The van der Waals surface area contributed by atoms with Crippen LogP contribution in [-0.4, -0.2) is 27.3 Å². The summed E-state index contributed by atoms with van der Waals surface area (Å²) in [5.41, 5.74) is 1.42. The van der Waals surface area contributed by atoms with Gasteiger partial charge in [0.1, 0.15) is 5.82 Å². The molecule has 0 saturated heterocycles. The number of halogens is 3. The van der Waals surface area contributed by atoms with Gasteiger partial charge < -0.3 is 10.3 Å². The van der Waals surface area contributed by atoms with Crippen LogP contribution in [0, 0.1) is 0 Å². The maximum atomic E-state index is 12.9. The van der Waals surface area contributed by atoms with Crippen LogP contribution in [0.15, 0.2) is 47.4 Å². The maximum absolute atomic E-state index is 12.9. The first-order chi connectivity index (χ1) is 10.6. The van der Waals surface area contributed by atoms with E-state index in [0.29, 0.717) is 16.7 Å². The van der Waals surface area contributed by atoms with E-state index in [2.05, 4.69) is 9.97 Å². The van der Waals surface area contributed by atoms with Gasteiger partial charge in [0.05, 0.1) is 22.9 Å². The smallest absolute Gasteiger partial charge is 0.331 e. The third-order valence-corrected chi connectivity index (χ3v) is 3.10. The van der Waals surface area contributed by atoms with E-state index in [4.69, 9.17) is 0 Å². The minimum atomic E-state index is -3.14. The normalized spacial score (nSPS) is 12.7. The van der Waals surface area contributed by atoms with Crippen LogP contribution in [0.4, 0.5) is 19.0 Å². The van der Waals surface area contributed by atoms with Crippen molar-refractivity contribution in [3.05, 3.63) is 53.1 Å². The van der Waals surface area contributed by atoms with E-state index in [0.717, 1.165) is 0 Å². The Balaban J connectivity index is 1.95. The average Bonchev–Trinajstić information content (AvgIpc) is 2.84. The van der Waals surface area contributed by atoms with Crippen molar-refractivity contribution < 1.29 is 13.2 Å². The molecule has 3 aromatic rings. The van der Waals surface area contributed by atoms with E-state index >= 15 is 0 Å². The van der Waals surface area contributed by atoms with Crippen LogP contribution in [-0.2, 0) is 0 Å². The Hall–Kier alpha value is -2.77. The highest BCUT2D eigenvalue weighted by molar-refractivity contribution is 5.77. The molecule has 2 aromatic heterocycles. The summed E-state index contributed by atoms with van der Waals surface area (Å²) in [6.07, 6.45) is -4.32. The number of alkyl halides is 3. The molecule has 114 valence electrons. The molecule has 0 radical (unpaired) electrons. The van der Waals surface area contributed by atoms with Gasteiger partial charge in [0.15, 0.2) is 0 Å². The molecule has 3 rings (SSSR count). The van der Waals surface area contributed by atoms with Gasteiger partial charge in [-0.05, 0) is 24.3 Å². The summed E-state index contributed by atoms with van der Waals surface area (Å²) in [6.45, 7) is 0. The predicted octanol–water partition coefficient (Wildman–Crippen LogP) is 2.69. The molecule has 5 nitrogen and oxygen atoms in total. The number of imidazole rings is 1. The van der Waals surface area contributed by atoms with Crippen molar-refractivity contribution in [3.8, 4) is 5.69 Å². The Morgan fingerprint density at radius 2 is 1.91 bits per heavy atom. The zero-order valence-electron chi connectivity index (χ0n) is 11.1. The van der Waals surface area contributed by atoms with E-state index in [1.54, 1.807) is 24.3 Å². The number of hydrogen-bond acceptors (Lipinski definition) is 3. The second-order valence-corrected chi connectivity index (χ2v) is 4.56. The van der Waals surface area contributed by atoms with Gasteiger partial charge >= 0.3 is 5.69 Å². The third kappa shape index (κ3) is 2.54. The van der Waals surface area contributed by atoms with Crippen molar-refractivity contribution in [1.29, 1.82) is 0 Å². The molecule has 1 atom stereocenters. The van der Waals surface area contributed by atoms with Crippen LogP contribution >= 0.6 is 0 Å². The Labute approximate surface area is 122 Å². The lowest BCUT2D eigenvalue weighted by Gasteiger charge is -2.10. The van der Waals surface area contributed by atoms with E-state index in [1.807, 2.05) is 5.32 Å². The minimum absolute atomic E-state index is 0.0376. The largest absolute Gasteiger partial charge is 0.336 e. The fourth-order valence-corrected chi connectivity index (χ4v) is 2.12. The number of anilines is 1. The van der Waals surface area contributed by atoms with Gasteiger partial charge in [-0.25, -0.2) is 22.9 Å². The number of aromatic amines is 1. The van der Waals surface area contributed by atoms with Crippen LogP contribution in [0.25, 0.3) is 16.7 Å². The molecular formula is C14H11F3N4O. The van der Waals surface area contributed by atoms with E-state index in [9.17, 15) is 18.0 Å². The highest BCUT2D eigenvalue weighted by Crippen LogP contribution is 2.16. The molecule has 0 bridgehead atoms. The first-order valence-corrected chi connectivity index (χ1v) is 6.41. The molecule has 1 aromatic carbocycles. The van der Waals surface area contributed by atoms with Crippen LogP contribution in [0.2, 0.25) is 0 Å². The fourth-order valence-electron chi connectivity index (χ4n) is 2.12. The van der Waals surface area contributed by atoms with Crippen molar-refractivity contribution in [2.45, 2.75) is 12.7 Å². The number of nitrogens with one attached hydrogen (secondary N) is 2. The highest BCUT2D eigenvalue weighted by atomic mass is 19.3. The molecule has 8 heteroatoms. The van der Waals surface area contributed by atoms with Crippen molar-refractivity contribution in [2.75, 3.05) is 5.32 Å². The Bertz CT molecular complexity index is 841. The molecule has 0 saturated carbocycles. The molecule has 2 heterocycles. The molecular weight excluding hydrogens is 297 g/mol. The fraction of sp³-hybridized carbons (Fsp3) is 0.143. The molecule has 22 heavy (non-hydrogen) atoms. The maximum Gasteiger partial charge on any atom is 0.331 e. The highest BCUT2D eigenvalue weighted by Gasteiger charge is 2.19. The van der Waals surface area contributed by atoms with Gasteiger partial charge in [-0.1, -0.05) is 12.1 Å². The third-order valence-electron chi connectivity index (χ3n) is 3.10.